The third-order valence-electron chi connectivity index (χ3n) is 3.46. The molecule has 0 radical (unpaired) electrons. The van der Waals surface area contributed by atoms with Gasteiger partial charge in [0, 0.05) is 23.7 Å². The second kappa shape index (κ2) is 6.10. The molecule has 3 nitrogen and oxygen atoms in total. The number of nitrogens with one attached hydrogen (secondary N) is 1. The second-order valence-electron chi connectivity index (χ2n) is 6.73. The summed E-state index contributed by atoms with van der Waals surface area (Å²) in [6.07, 6.45) is 5.83. The Morgan fingerprint density at radius 2 is 2.11 bits per heavy atom. The van der Waals surface area contributed by atoms with Gasteiger partial charge in [-0.3, -0.25) is 4.90 Å². The monoisotopic (exact) mass is 264 g/mol. The van der Waals surface area contributed by atoms with Crippen molar-refractivity contribution < 1.29 is 4.42 Å². The molecule has 1 heterocycles. The molecule has 0 bridgehead atoms. The lowest BCUT2D eigenvalue weighted by Gasteiger charge is -2.20. The zero-order chi connectivity index (χ0) is 13.9. The van der Waals surface area contributed by atoms with Crippen LogP contribution in [-0.2, 0) is 13.1 Å². The minimum Gasteiger partial charge on any atom is -0.468 e. The van der Waals surface area contributed by atoms with Crippen molar-refractivity contribution >= 4 is 0 Å². The molecule has 1 aliphatic carbocycles. The summed E-state index contributed by atoms with van der Waals surface area (Å²) in [5.41, 5.74) is 1.40. The molecule has 0 spiro atoms. The van der Waals surface area contributed by atoms with Gasteiger partial charge < -0.3 is 9.73 Å². The van der Waals surface area contributed by atoms with E-state index in [1.54, 1.807) is 0 Å². The van der Waals surface area contributed by atoms with E-state index in [0.29, 0.717) is 0 Å². The summed E-state index contributed by atoms with van der Waals surface area (Å²) in [6.45, 7) is 11.8. The van der Waals surface area contributed by atoms with Crippen LogP contribution >= 0.6 is 0 Å². The van der Waals surface area contributed by atoms with Crippen molar-refractivity contribution in [2.75, 3.05) is 6.54 Å². The van der Waals surface area contributed by atoms with Crippen molar-refractivity contribution in [1.29, 1.82) is 0 Å². The van der Waals surface area contributed by atoms with Crippen LogP contribution in [0.4, 0.5) is 0 Å². The minimum atomic E-state index is 0.152. The smallest absolute Gasteiger partial charge is 0.118 e. The fraction of sp³-hybridized carbons (Fsp3) is 0.750. The number of hydrogen-bond donors (Lipinski definition) is 1. The van der Waals surface area contributed by atoms with Gasteiger partial charge in [-0.2, -0.15) is 0 Å². The van der Waals surface area contributed by atoms with Gasteiger partial charge in [0.15, 0.2) is 0 Å². The van der Waals surface area contributed by atoms with Crippen molar-refractivity contribution in [2.45, 2.75) is 71.6 Å². The van der Waals surface area contributed by atoms with Gasteiger partial charge in [-0.1, -0.05) is 6.92 Å². The van der Waals surface area contributed by atoms with Crippen LogP contribution < -0.4 is 5.32 Å². The molecular formula is C16H28N2O. The Bertz CT molecular complexity index is 388. The van der Waals surface area contributed by atoms with E-state index in [4.69, 9.17) is 4.42 Å². The third-order valence-corrected chi connectivity index (χ3v) is 3.46. The van der Waals surface area contributed by atoms with Crippen molar-refractivity contribution in [3.8, 4) is 0 Å². The van der Waals surface area contributed by atoms with Crippen LogP contribution in [0.1, 0.15) is 58.3 Å². The van der Waals surface area contributed by atoms with Crippen LogP contribution in [0.3, 0.4) is 0 Å². The molecule has 0 saturated heterocycles. The van der Waals surface area contributed by atoms with Crippen molar-refractivity contribution in [1.82, 2.24) is 10.2 Å². The molecule has 3 heteroatoms. The van der Waals surface area contributed by atoms with Crippen molar-refractivity contribution in [3.05, 3.63) is 23.7 Å². The second-order valence-corrected chi connectivity index (χ2v) is 6.73. The van der Waals surface area contributed by atoms with E-state index in [1.165, 1.54) is 31.4 Å². The molecule has 0 aromatic carbocycles. The Labute approximate surface area is 117 Å². The van der Waals surface area contributed by atoms with Crippen LogP contribution in [0.5, 0.6) is 0 Å². The summed E-state index contributed by atoms with van der Waals surface area (Å²) in [5, 5.41) is 3.49. The highest BCUT2D eigenvalue weighted by Crippen LogP contribution is 2.28. The summed E-state index contributed by atoms with van der Waals surface area (Å²) < 4.78 is 5.70. The highest BCUT2D eigenvalue weighted by atomic mass is 16.3. The maximum Gasteiger partial charge on any atom is 0.118 e. The van der Waals surface area contributed by atoms with E-state index < -0.39 is 0 Å². The third kappa shape index (κ3) is 5.00. The van der Waals surface area contributed by atoms with Crippen LogP contribution in [0.15, 0.2) is 16.7 Å². The normalized spacial score (nSPS) is 16.3. The first kappa shape index (κ1) is 14.6. The predicted molar refractivity (Wildman–Crippen MR) is 79.0 cm³/mol. The fourth-order valence-electron chi connectivity index (χ4n) is 2.29. The average molecular weight is 264 g/mol. The van der Waals surface area contributed by atoms with Crippen LogP contribution in [0.25, 0.3) is 0 Å². The molecule has 1 N–H and O–H groups in total. The zero-order valence-corrected chi connectivity index (χ0v) is 12.8. The molecule has 0 amide bonds. The Hall–Kier alpha value is -0.800. The molecular weight excluding hydrogens is 236 g/mol. The van der Waals surface area contributed by atoms with E-state index in [0.717, 1.165) is 24.9 Å². The fourth-order valence-corrected chi connectivity index (χ4v) is 2.29. The summed E-state index contributed by atoms with van der Waals surface area (Å²) in [5.74, 6) is 1.10. The van der Waals surface area contributed by atoms with Crippen LogP contribution in [0.2, 0.25) is 0 Å². The van der Waals surface area contributed by atoms with E-state index in [9.17, 15) is 0 Å². The molecule has 0 unspecified atom stereocenters. The molecule has 1 saturated carbocycles. The Morgan fingerprint density at radius 3 is 2.68 bits per heavy atom. The largest absolute Gasteiger partial charge is 0.468 e. The molecule has 0 atom stereocenters. The lowest BCUT2D eigenvalue weighted by Crippen LogP contribution is -2.34. The average Bonchev–Trinajstić information content (AvgIpc) is 3.07. The Morgan fingerprint density at radius 1 is 1.37 bits per heavy atom. The predicted octanol–water partition coefficient (Wildman–Crippen LogP) is 3.54. The first-order valence-electron chi connectivity index (χ1n) is 7.53. The summed E-state index contributed by atoms with van der Waals surface area (Å²) in [7, 11) is 0. The SMILES string of the molecule is CCCN(Cc1cc(CNC(C)(C)C)co1)C1CC1. The lowest BCUT2D eigenvalue weighted by molar-refractivity contribution is 0.234. The molecule has 1 aromatic heterocycles. The van der Waals surface area contributed by atoms with Gasteiger partial charge in [-0.05, 0) is 52.6 Å². The Kier molecular flexibility index (Phi) is 4.69. The lowest BCUT2D eigenvalue weighted by atomic mass is 10.1. The number of furan rings is 1. The van der Waals surface area contributed by atoms with E-state index in [1.807, 2.05) is 6.26 Å². The van der Waals surface area contributed by atoms with Crippen LogP contribution in [0, 0.1) is 0 Å². The van der Waals surface area contributed by atoms with E-state index in [2.05, 4.69) is 44.0 Å². The molecule has 1 fully saturated rings. The molecule has 19 heavy (non-hydrogen) atoms. The van der Waals surface area contributed by atoms with Gasteiger partial charge in [0.05, 0.1) is 12.8 Å². The van der Waals surface area contributed by atoms with Gasteiger partial charge in [0.25, 0.3) is 0 Å². The maximum absolute atomic E-state index is 5.70. The van der Waals surface area contributed by atoms with Crippen LogP contribution in [-0.4, -0.2) is 23.0 Å². The standard InChI is InChI=1S/C16H28N2O/c1-5-8-18(14-6-7-14)11-15-9-13(12-19-15)10-17-16(2,3)4/h9,12,14,17H,5-8,10-11H2,1-4H3. The summed E-state index contributed by atoms with van der Waals surface area (Å²) in [4.78, 5) is 2.56. The van der Waals surface area contributed by atoms with E-state index in [-0.39, 0.29) is 5.54 Å². The quantitative estimate of drug-likeness (QED) is 0.816. The Balaban J connectivity index is 1.85. The first-order valence-corrected chi connectivity index (χ1v) is 7.53. The molecule has 1 aliphatic rings. The highest BCUT2D eigenvalue weighted by Gasteiger charge is 2.28. The molecule has 1 aromatic rings. The highest BCUT2D eigenvalue weighted by molar-refractivity contribution is 5.13. The van der Waals surface area contributed by atoms with Gasteiger partial charge in [0.2, 0.25) is 0 Å². The first-order chi connectivity index (χ1) is 8.98. The molecule has 0 aliphatic heterocycles. The molecule has 108 valence electrons. The number of nitrogens with zero attached hydrogens (tertiary/aromatic N) is 1. The summed E-state index contributed by atoms with van der Waals surface area (Å²) in [6, 6.07) is 3.00. The maximum atomic E-state index is 5.70. The summed E-state index contributed by atoms with van der Waals surface area (Å²) >= 11 is 0. The number of hydrogen-bond acceptors (Lipinski definition) is 3. The van der Waals surface area contributed by atoms with E-state index >= 15 is 0 Å². The minimum absolute atomic E-state index is 0.152. The zero-order valence-electron chi connectivity index (χ0n) is 12.8. The number of rotatable bonds is 7. The van der Waals surface area contributed by atoms with Gasteiger partial charge in [-0.25, -0.2) is 0 Å². The van der Waals surface area contributed by atoms with Crippen molar-refractivity contribution in [3.63, 3.8) is 0 Å². The van der Waals surface area contributed by atoms with Gasteiger partial charge in [-0.15, -0.1) is 0 Å². The van der Waals surface area contributed by atoms with Crippen molar-refractivity contribution in [2.24, 2.45) is 0 Å². The van der Waals surface area contributed by atoms with Gasteiger partial charge in [0.1, 0.15) is 5.76 Å². The van der Waals surface area contributed by atoms with Gasteiger partial charge >= 0.3 is 0 Å². The topological polar surface area (TPSA) is 28.4 Å². The molecule has 2 rings (SSSR count).